The van der Waals surface area contributed by atoms with E-state index in [9.17, 15) is 4.39 Å². The molecular formula is C27H31ClFN7. The van der Waals surface area contributed by atoms with Gasteiger partial charge in [-0.25, -0.2) is 24.3 Å². The first-order valence-corrected chi connectivity index (χ1v) is 13.0. The molecule has 7 nitrogen and oxygen atoms in total. The van der Waals surface area contributed by atoms with E-state index in [0.717, 1.165) is 60.6 Å². The number of hydrogen-bond donors (Lipinski definition) is 1. The second-order valence-electron chi connectivity index (χ2n) is 11.0. The predicted octanol–water partition coefficient (Wildman–Crippen LogP) is 5.24. The molecule has 1 aromatic carbocycles. The monoisotopic (exact) mass is 507 g/mol. The number of piperidine rings is 1. The van der Waals surface area contributed by atoms with Crippen molar-refractivity contribution in [3.63, 3.8) is 0 Å². The third-order valence-electron chi connectivity index (χ3n) is 8.19. The van der Waals surface area contributed by atoms with Crippen LogP contribution in [-0.4, -0.2) is 46.6 Å². The van der Waals surface area contributed by atoms with E-state index >= 15 is 0 Å². The highest BCUT2D eigenvalue weighted by Gasteiger charge is 2.44. The van der Waals surface area contributed by atoms with Crippen LogP contribution in [0.15, 0.2) is 36.7 Å². The Hall–Kier alpha value is -3.00. The highest BCUT2D eigenvalue weighted by molar-refractivity contribution is 6.29. The van der Waals surface area contributed by atoms with Crippen LogP contribution in [-0.2, 0) is 11.8 Å². The molecule has 2 atom stereocenters. The van der Waals surface area contributed by atoms with Gasteiger partial charge in [0.25, 0.3) is 0 Å². The number of fused-ring (bicyclic) bond motifs is 3. The average Bonchev–Trinajstić information content (AvgIpc) is 3.25. The fraction of sp³-hybridized carbons (Fsp3) is 0.481. The minimum Gasteiger partial charge on any atom is -0.373 e. The van der Waals surface area contributed by atoms with Crippen LogP contribution >= 0.6 is 11.6 Å². The van der Waals surface area contributed by atoms with Crippen molar-refractivity contribution >= 4 is 34.7 Å². The van der Waals surface area contributed by atoms with Gasteiger partial charge in [0, 0.05) is 55.8 Å². The summed E-state index contributed by atoms with van der Waals surface area (Å²) in [5.41, 5.74) is 1.94. The highest BCUT2D eigenvalue weighted by atomic mass is 35.5. The fourth-order valence-electron chi connectivity index (χ4n) is 6.53. The number of aromatic nitrogens is 4. The molecule has 1 N–H and O–H groups in total. The van der Waals surface area contributed by atoms with Crippen LogP contribution in [0.5, 0.6) is 0 Å². The largest absolute Gasteiger partial charge is 0.373 e. The third-order valence-corrected chi connectivity index (χ3v) is 8.39. The van der Waals surface area contributed by atoms with Crippen molar-refractivity contribution in [1.82, 2.24) is 19.9 Å². The minimum absolute atomic E-state index is 0.135. The van der Waals surface area contributed by atoms with E-state index in [1.165, 1.54) is 31.3 Å². The van der Waals surface area contributed by atoms with Crippen molar-refractivity contribution < 1.29 is 4.39 Å². The van der Waals surface area contributed by atoms with Gasteiger partial charge < -0.3 is 15.1 Å². The zero-order valence-corrected chi connectivity index (χ0v) is 21.6. The molecule has 6 rings (SSSR count). The lowest BCUT2D eigenvalue weighted by molar-refractivity contribution is 0.265. The van der Waals surface area contributed by atoms with Gasteiger partial charge in [0.2, 0.25) is 0 Å². The second kappa shape index (κ2) is 8.83. The summed E-state index contributed by atoms with van der Waals surface area (Å²) >= 11 is 6.12. The summed E-state index contributed by atoms with van der Waals surface area (Å²) < 4.78 is 13.6. The summed E-state index contributed by atoms with van der Waals surface area (Å²) in [4.78, 5) is 23.2. The molecule has 2 aliphatic heterocycles. The molecule has 0 amide bonds. The maximum absolute atomic E-state index is 13.6. The van der Waals surface area contributed by atoms with Gasteiger partial charge >= 0.3 is 0 Å². The lowest BCUT2D eigenvalue weighted by Gasteiger charge is -2.38. The Morgan fingerprint density at radius 1 is 1.08 bits per heavy atom. The van der Waals surface area contributed by atoms with Gasteiger partial charge in [-0.15, -0.1) is 0 Å². The molecule has 3 aromatic rings. The maximum Gasteiger partial charge on any atom is 0.142 e. The molecule has 2 bridgehead atoms. The molecule has 3 aliphatic rings. The molecule has 1 saturated carbocycles. The average molecular weight is 508 g/mol. The Morgan fingerprint density at radius 3 is 2.47 bits per heavy atom. The lowest BCUT2D eigenvalue weighted by atomic mass is 9.82. The topological polar surface area (TPSA) is 70.1 Å². The summed E-state index contributed by atoms with van der Waals surface area (Å²) in [6.45, 7) is 7.13. The summed E-state index contributed by atoms with van der Waals surface area (Å²) in [5.74, 6) is 5.05. The first kappa shape index (κ1) is 23.4. The number of nitrogens with one attached hydrogen (secondary N) is 1. The van der Waals surface area contributed by atoms with Gasteiger partial charge in [0.05, 0.1) is 0 Å². The molecule has 2 aromatic heterocycles. The van der Waals surface area contributed by atoms with Crippen LogP contribution in [0.1, 0.15) is 38.1 Å². The number of halogens is 2. The van der Waals surface area contributed by atoms with Crippen molar-refractivity contribution in [3.05, 3.63) is 59.0 Å². The van der Waals surface area contributed by atoms with Crippen molar-refractivity contribution in [2.24, 2.45) is 17.8 Å². The number of benzene rings is 1. The van der Waals surface area contributed by atoms with E-state index in [-0.39, 0.29) is 11.2 Å². The Bertz CT molecular complexity index is 1270. The smallest absolute Gasteiger partial charge is 0.142 e. The minimum atomic E-state index is -0.234. The number of hydrogen-bond acceptors (Lipinski definition) is 7. The molecule has 36 heavy (non-hydrogen) atoms. The fourth-order valence-corrected chi connectivity index (χ4v) is 6.67. The normalized spacial score (nSPS) is 24.2. The van der Waals surface area contributed by atoms with Crippen molar-refractivity contribution in [3.8, 4) is 0 Å². The summed E-state index contributed by atoms with van der Waals surface area (Å²) in [7, 11) is 1.93. The van der Waals surface area contributed by atoms with Gasteiger partial charge in [-0.2, -0.15) is 0 Å². The predicted molar refractivity (Wildman–Crippen MR) is 141 cm³/mol. The Kier molecular flexibility index (Phi) is 5.74. The first-order valence-electron chi connectivity index (χ1n) is 12.7. The third kappa shape index (κ3) is 4.05. The summed E-state index contributed by atoms with van der Waals surface area (Å²) in [6.07, 6.45) is 4.82. The zero-order valence-electron chi connectivity index (χ0n) is 20.9. The second-order valence-corrected chi connectivity index (χ2v) is 11.3. The molecule has 188 valence electrons. The van der Waals surface area contributed by atoms with Gasteiger partial charge in [-0.1, -0.05) is 25.4 Å². The quantitative estimate of drug-likeness (QED) is 0.474. The van der Waals surface area contributed by atoms with E-state index in [0.29, 0.717) is 22.9 Å². The lowest BCUT2D eigenvalue weighted by Crippen LogP contribution is -2.43. The van der Waals surface area contributed by atoms with Gasteiger partial charge in [0.15, 0.2) is 0 Å². The number of anilines is 4. The summed E-state index contributed by atoms with van der Waals surface area (Å²) in [5, 5.41) is 3.82. The molecule has 1 saturated heterocycles. The molecule has 0 spiro atoms. The molecule has 2 unspecified atom stereocenters. The van der Waals surface area contributed by atoms with Gasteiger partial charge in [-0.3, -0.25) is 0 Å². The van der Waals surface area contributed by atoms with Crippen molar-refractivity contribution in [2.45, 2.75) is 38.5 Å². The summed E-state index contributed by atoms with van der Waals surface area (Å²) in [6, 6.07) is 8.54. The van der Waals surface area contributed by atoms with E-state index < -0.39 is 0 Å². The van der Waals surface area contributed by atoms with E-state index in [1.54, 1.807) is 0 Å². The molecule has 0 radical (unpaired) electrons. The first-order chi connectivity index (χ1) is 17.3. The standard InChI is InChI=1S/C27H31ClFN7/c1-27(2)14-36(19-8-6-18(29)7-9-19)26-24(27)25(30-3)33-22(34-26)10-20-16-4-5-17(20)13-35(12-16)23-11-21(28)31-15-32-23/h6-9,11,15-17,20H,4-5,10,12-14H2,1-3H3,(H,30,33,34). The van der Waals surface area contributed by atoms with Gasteiger partial charge in [0.1, 0.15) is 40.6 Å². The molecule has 2 fully saturated rings. The van der Waals surface area contributed by atoms with E-state index in [2.05, 4.69) is 38.9 Å². The van der Waals surface area contributed by atoms with Crippen LogP contribution in [0, 0.1) is 23.6 Å². The van der Waals surface area contributed by atoms with Crippen LogP contribution in [0.3, 0.4) is 0 Å². The molecule has 9 heteroatoms. The SMILES string of the molecule is CNc1nc(CC2C3CCC2CN(c2cc(Cl)ncn2)C3)nc2c1C(C)(C)CN2c1ccc(F)cc1. The van der Waals surface area contributed by atoms with Crippen molar-refractivity contribution in [2.75, 3.05) is 41.8 Å². The van der Waals surface area contributed by atoms with Crippen LogP contribution in [0.25, 0.3) is 0 Å². The molecule has 4 heterocycles. The number of nitrogens with zero attached hydrogens (tertiary/aromatic N) is 6. The van der Waals surface area contributed by atoms with Crippen LogP contribution in [0.2, 0.25) is 5.15 Å². The Labute approximate surface area is 216 Å². The van der Waals surface area contributed by atoms with Crippen molar-refractivity contribution in [1.29, 1.82) is 0 Å². The molecular weight excluding hydrogens is 477 g/mol. The van der Waals surface area contributed by atoms with E-state index in [1.807, 2.05) is 25.2 Å². The highest BCUT2D eigenvalue weighted by Crippen LogP contribution is 2.48. The van der Waals surface area contributed by atoms with E-state index in [4.69, 9.17) is 21.6 Å². The maximum atomic E-state index is 13.6. The Morgan fingerprint density at radius 2 is 1.81 bits per heavy atom. The van der Waals surface area contributed by atoms with Gasteiger partial charge in [-0.05, 0) is 54.9 Å². The van der Waals surface area contributed by atoms with Crippen LogP contribution in [0.4, 0.5) is 27.5 Å². The molecule has 1 aliphatic carbocycles. The Balaban J connectivity index is 1.29. The zero-order chi connectivity index (χ0) is 25.0. The van der Waals surface area contributed by atoms with Crippen LogP contribution < -0.4 is 15.1 Å². The number of rotatable bonds is 5.